The third-order valence-electron chi connectivity index (χ3n) is 14.2. The topological polar surface area (TPSA) is 196 Å². The van der Waals surface area contributed by atoms with Gasteiger partial charge in [0.2, 0.25) is 11.8 Å². The lowest BCUT2D eigenvalue weighted by Gasteiger charge is -2.29. The molecule has 4 atom stereocenters. The van der Waals surface area contributed by atoms with Crippen LogP contribution in [0.15, 0.2) is 91.4 Å². The second-order valence-corrected chi connectivity index (χ2v) is 19.5. The second kappa shape index (κ2) is 21.3. The van der Waals surface area contributed by atoms with E-state index in [0.717, 1.165) is 95.3 Å². The largest absolute Gasteiger partial charge is 0.453 e. The number of carbonyl (C=O) groups is 4. The van der Waals surface area contributed by atoms with Gasteiger partial charge in [0.1, 0.15) is 29.6 Å². The fraction of sp³-hybridized carbons (Fsp3) is 0.426. The smallest absolute Gasteiger partial charge is 0.407 e. The SMILES string of the molecule is COC(=O)NC(C(=O)N1CCC[C@H]1c1nc(-c2ccc(-c3ccc(-c4ccc(-c5c[nH]c([C@@H]6CCCN6C(=O)C(NC(=O)OC)C(C)C)n5)cc4)n3-c3ccc(N4CCCCC4)nc3)cc2)c[nH]1)C(C)C. The van der Waals surface area contributed by atoms with E-state index in [2.05, 4.69) is 103 Å². The van der Waals surface area contributed by atoms with Gasteiger partial charge in [-0.25, -0.2) is 24.5 Å². The minimum atomic E-state index is -0.707. The Morgan fingerprint density at radius 1 is 0.577 bits per heavy atom. The number of likely N-dealkylation sites (tertiary alicyclic amines) is 2. The first-order valence-electron chi connectivity index (χ1n) is 25.0. The average Bonchev–Trinajstić information content (AvgIpc) is 4.27. The normalized spacial score (nSPS) is 17.9. The van der Waals surface area contributed by atoms with Crippen molar-refractivity contribution in [3.63, 3.8) is 0 Å². The minimum Gasteiger partial charge on any atom is -0.453 e. The molecule has 0 saturated carbocycles. The van der Waals surface area contributed by atoms with Crippen molar-refractivity contribution in [1.29, 1.82) is 0 Å². The van der Waals surface area contributed by atoms with Crippen molar-refractivity contribution in [2.24, 2.45) is 11.8 Å². The highest BCUT2D eigenvalue weighted by Crippen LogP contribution is 2.38. The van der Waals surface area contributed by atoms with Crippen molar-refractivity contribution in [3.8, 4) is 50.7 Å². The maximum absolute atomic E-state index is 13.8. The van der Waals surface area contributed by atoms with Gasteiger partial charge in [-0.2, -0.15) is 0 Å². The van der Waals surface area contributed by atoms with Crippen molar-refractivity contribution >= 4 is 29.8 Å². The molecule has 4 N–H and O–H groups in total. The third-order valence-corrected chi connectivity index (χ3v) is 14.2. The Morgan fingerprint density at radius 3 is 1.44 bits per heavy atom. The molecule has 71 heavy (non-hydrogen) atoms. The number of carbonyl (C=O) groups excluding carboxylic acids is 4. The Hall–Kier alpha value is -7.43. The summed E-state index contributed by atoms with van der Waals surface area (Å²) in [6, 6.07) is 23.4. The van der Waals surface area contributed by atoms with Crippen LogP contribution in [0.1, 0.15) is 96.4 Å². The van der Waals surface area contributed by atoms with Crippen molar-refractivity contribution < 1.29 is 28.7 Å². The standard InChI is InChI=1S/C54H65N11O6/c1-33(2)47(60-53(68)70-5)51(66)63-28-10-12-44(63)49-56-31-40(58-49)35-14-18-37(19-15-35)42-23-24-43(65(42)39-22-25-46(55-30-39)62-26-8-7-9-27-62)38-20-16-36(17-21-38)41-32-57-50(59-41)45-13-11-29-64(45)52(67)48(34(3)4)61-54(69)71-6/h14-25,30-34,44-45,47-48H,7-13,26-29H2,1-6H3,(H,56,58)(H,57,59)(H,60,68)(H,61,69)/t44-,45-,47?,48?/m0/s1. The van der Waals surface area contributed by atoms with Gasteiger partial charge < -0.3 is 49.3 Å². The molecule has 0 bridgehead atoms. The van der Waals surface area contributed by atoms with Crippen molar-refractivity contribution in [1.82, 2.24) is 49.9 Å². The van der Waals surface area contributed by atoms with E-state index in [1.54, 1.807) is 0 Å². The summed E-state index contributed by atoms with van der Waals surface area (Å²) in [6.45, 7) is 10.8. The Labute approximate surface area is 414 Å². The molecule has 3 aliphatic heterocycles. The number of imidazole rings is 2. The molecule has 0 spiro atoms. The highest BCUT2D eigenvalue weighted by atomic mass is 16.5. The van der Waals surface area contributed by atoms with Gasteiger partial charge in [0.05, 0.1) is 61.0 Å². The molecule has 4 aromatic heterocycles. The number of aromatic nitrogens is 6. The first kappa shape index (κ1) is 48.6. The lowest BCUT2D eigenvalue weighted by atomic mass is 10.0. The molecule has 9 rings (SSSR count). The van der Waals surface area contributed by atoms with Gasteiger partial charge in [0.15, 0.2) is 0 Å². The van der Waals surface area contributed by atoms with Gasteiger partial charge in [0, 0.05) is 49.7 Å². The molecule has 0 aliphatic carbocycles. The second-order valence-electron chi connectivity index (χ2n) is 19.5. The highest BCUT2D eigenvalue weighted by Gasteiger charge is 2.39. The van der Waals surface area contributed by atoms with E-state index in [4.69, 9.17) is 24.4 Å². The summed E-state index contributed by atoms with van der Waals surface area (Å²) in [5, 5.41) is 5.45. The number of rotatable bonds is 14. The molecule has 6 aromatic rings. The summed E-state index contributed by atoms with van der Waals surface area (Å²) in [5.74, 6) is 1.88. The van der Waals surface area contributed by atoms with E-state index in [9.17, 15) is 19.2 Å². The highest BCUT2D eigenvalue weighted by molar-refractivity contribution is 5.87. The zero-order valence-electron chi connectivity index (χ0n) is 41.5. The maximum Gasteiger partial charge on any atom is 0.407 e. The summed E-state index contributed by atoms with van der Waals surface area (Å²) in [4.78, 5) is 79.5. The summed E-state index contributed by atoms with van der Waals surface area (Å²) in [5.41, 5.74) is 8.40. The number of alkyl carbamates (subject to hydrolysis) is 2. The number of methoxy groups -OCH3 is 2. The molecule has 4 amide bonds. The van der Waals surface area contributed by atoms with Crippen LogP contribution in [0.25, 0.3) is 50.7 Å². The number of nitrogens with zero attached hydrogens (tertiary/aromatic N) is 7. The Bertz CT molecular complexity index is 2650. The average molecular weight is 964 g/mol. The zero-order chi connectivity index (χ0) is 49.8. The molecule has 2 unspecified atom stereocenters. The Balaban J connectivity index is 0.967. The number of pyridine rings is 1. The number of nitrogens with one attached hydrogen (secondary N) is 4. The van der Waals surface area contributed by atoms with E-state index >= 15 is 0 Å². The fourth-order valence-electron chi connectivity index (χ4n) is 10.3. The summed E-state index contributed by atoms with van der Waals surface area (Å²) < 4.78 is 11.9. The molecule has 7 heterocycles. The van der Waals surface area contributed by atoms with E-state index in [1.807, 2.05) is 56.1 Å². The molecule has 0 radical (unpaired) electrons. The van der Waals surface area contributed by atoms with Crippen molar-refractivity contribution in [2.45, 2.75) is 96.8 Å². The van der Waals surface area contributed by atoms with Crippen LogP contribution in [-0.4, -0.2) is 116 Å². The van der Waals surface area contributed by atoms with Gasteiger partial charge in [-0.1, -0.05) is 76.2 Å². The fourth-order valence-corrected chi connectivity index (χ4v) is 10.3. The van der Waals surface area contributed by atoms with Crippen LogP contribution in [0.4, 0.5) is 15.4 Å². The minimum absolute atomic E-state index is 0.122. The Kier molecular flexibility index (Phi) is 14.6. The van der Waals surface area contributed by atoms with Crippen LogP contribution >= 0.6 is 0 Å². The molecule has 372 valence electrons. The summed E-state index contributed by atoms with van der Waals surface area (Å²) in [6.07, 6.45) is 11.3. The van der Waals surface area contributed by atoms with Crippen LogP contribution in [0, 0.1) is 11.8 Å². The molecule has 3 saturated heterocycles. The van der Waals surface area contributed by atoms with Crippen LogP contribution in [0.3, 0.4) is 0 Å². The van der Waals surface area contributed by atoms with E-state index in [-0.39, 0.29) is 35.7 Å². The van der Waals surface area contributed by atoms with E-state index in [0.29, 0.717) is 24.7 Å². The summed E-state index contributed by atoms with van der Waals surface area (Å²) >= 11 is 0. The number of hydrogen-bond donors (Lipinski definition) is 4. The number of H-pyrrole nitrogens is 2. The van der Waals surface area contributed by atoms with E-state index in [1.165, 1.54) is 33.5 Å². The zero-order valence-corrected chi connectivity index (χ0v) is 41.5. The van der Waals surface area contributed by atoms with Crippen LogP contribution < -0.4 is 15.5 Å². The van der Waals surface area contributed by atoms with E-state index < -0.39 is 24.3 Å². The molecule has 3 aliphatic rings. The number of hydrogen-bond acceptors (Lipinski definition) is 10. The van der Waals surface area contributed by atoms with Gasteiger partial charge in [-0.05, 0) is 92.2 Å². The number of piperidine rings is 1. The van der Waals surface area contributed by atoms with Crippen molar-refractivity contribution in [2.75, 3.05) is 45.3 Å². The number of anilines is 1. The third kappa shape index (κ3) is 10.3. The van der Waals surface area contributed by atoms with Crippen LogP contribution in [0.5, 0.6) is 0 Å². The van der Waals surface area contributed by atoms with Gasteiger partial charge in [-0.15, -0.1) is 0 Å². The predicted molar refractivity (Wildman–Crippen MR) is 271 cm³/mol. The number of ether oxygens (including phenoxy) is 2. The number of benzene rings is 2. The lowest BCUT2D eigenvalue weighted by Crippen LogP contribution is -2.51. The lowest BCUT2D eigenvalue weighted by molar-refractivity contribution is -0.136. The Morgan fingerprint density at radius 2 is 1.03 bits per heavy atom. The molecule has 17 nitrogen and oxygen atoms in total. The first-order valence-corrected chi connectivity index (χ1v) is 25.0. The number of aromatic amines is 2. The van der Waals surface area contributed by atoms with Crippen molar-refractivity contribution in [3.05, 3.63) is 103 Å². The van der Waals surface area contributed by atoms with Gasteiger partial charge in [0.25, 0.3) is 0 Å². The van der Waals surface area contributed by atoms with Gasteiger partial charge >= 0.3 is 12.2 Å². The summed E-state index contributed by atoms with van der Waals surface area (Å²) in [7, 11) is 2.59. The quantitative estimate of drug-likeness (QED) is 0.0818. The molecular weight excluding hydrogens is 899 g/mol. The monoisotopic (exact) mass is 964 g/mol. The maximum atomic E-state index is 13.8. The predicted octanol–water partition coefficient (Wildman–Crippen LogP) is 9.07. The van der Waals surface area contributed by atoms with Crippen LogP contribution in [0.2, 0.25) is 0 Å². The van der Waals surface area contributed by atoms with Gasteiger partial charge in [-0.3, -0.25) is 9.59 Å². The molecule has 2 aromatic carbocycles. The molecule has 17 heteroatoms. The van der Waals surface area contributed by atoms with Crippen LogP contribution in [-0.2, 0) is 19.1 Å². The number of amides is 4. The first-order chi connectivity index (χ1) is 34.4. The molecular formula is C54H65N11O6. The molecule has 3 fully saturated rings.